The van der Waals surface area contributed by atoms with Crippen molar-refractivity contribution in [2.45, 2.75) is 11.4 Å². The van der Waals surface area contributed by atoms with E-state index in [-0.39, 0.29) is 53.7 Å². The zero-order valence-electron chi connectivity index (χ0n) is 15.7. The van der Waals surface area contributed by atoms with Crippen molar-refractivity contribution in [2.75, 3.05) is 26.2 Å². The van der Waals surface area contributed by atoms with Crippen molar-refractivity contribution < 1.29 is 13.2 Å². The van der Waals surface area contributed by atoms with E-state index in [0.29, 0.717) is 11.5 Å². The molecule has 158 valence electrons. The average Bonchev–Trinajstić information content (AvgIpc) is 3.17. The van der Waals surface area contributed by atoms with E-state index in [1.165, 1.54) is 16.4 Å². The first-order valence-electron chi connectivity index (χ1n) is 9.13. The van der Waals surface area contributed by atoms with Crippen molar-refractivity contribution in [3.63, 3.8) is 0 Å². The molecule has 0 aliphatic carbocycles. The van der Waals surface area contributed by atoms with E-state index in [1.54, 1.807) is 15.4 Å². The number of nitrogens with one attached hydrogen (secondary N) is 1. The Morgan fingerprint density at radius 2 is 1.80 bits per heavy atom. The van der Waals surface area contributed by atoms with E-state index in [1.807, 2.05) is 24.4 Å². The van der Waals surface area contributed by atoms with Crippen LogP contribution in [0.25, 0.3) is 5.65 Å². The van der Waals surface area contributed by atoms with E-state index in [2.05, 4.69) is 15.5 Å². The molecule has 1 aliphatic heterocycles. The summed E-state index contributed by atoms with van der Waals surface area (Å²) in [5.41, 5.74) is 0.695. The monoisotopic (exact) mass is 468 g/mol. The summed E-state index contributed by atoms with van der Waals surface area (Å²) in [5.74, 6) is 0.607. The average molecular weight is 469 g/mol. The molecule has 12 heteroatoms. The van der Waals surface area contributed by atoms with Crippen LogP contribution in [-0.4, -0.2) is 64.4 Å². The van der Waals surface area contributed by atoms with E-state index >= 15 is 0 Å². The van der Waals surface area contributed by atoms with E-state index in [4.69, 9.17) is 23.2 Å². The van der Waals surface area contributed by atoms with Gasteiger partial charge in [0.25, 0.3) is 0 Å². The highest BCUT2D eigenvalue weighted by atomic mass is 35.5. The van der Waals surface area contributed by atoms with Crippen LogP contribution in [0.1, 0.15) is 5.82 Å². The van der Waals surface area contributed by atoms with E-state index < -0.39 is 10.0 Å². The number of pyridine rings is 1. The minimum absolute atomic E-state index is 0.000117. The number of fused-ring (bicyclic) bond motifs is 1. The predicted molar refractivity (Wildman–Crippen MR) is 112 cm³/mol. The van der Waals surface area contributed by atoms with Gasteiger partial charge in [-0.15, -0.1) is 10.2 Å². The standard InChI is InChI=1S/C18H18Cl2N6O3S/c19-13-4-3-5-14(17(13)20)30(28,29)25-10-8-24(9-11-25)18(27)21-12-16-23-22-15-6-1-2-7-26(15)16/h1-7H,8-12H2,(H,21,27). The number of carbonyl (C=O) groups excluding carboxylic acids is 1. The molecule has 30 heavy (non-hydrogen) atoms. The van der Waals surface area contributed by atoms with Crippen molar-refractivity contribution >= 4 is 44.9 Å². The van der Waals surface area contributed by atoms with Crippen LogP contribution >= 0.6 is 23.2 Å². The second-order valence-electron chi connectivity index (χ2n) is 6.65. The van der Waals surface area contributed by atoms with Gasteiger partial charge in [-0.2, -0.15) is 4.31 Å². The molecular formula is C18H18Cl2N6O3S. The highest BCUT2D eigenvalue weighted by Crippen LogP contribution is 2.31. The molecule has 0 spiro atoms. The number of halogens is 2. The molecule has 1 saturated heterocycles. The van der Waals surface area contributed by atoms with Crippen LogP contribution in [0.15, 0.2) is 47.5 Å². The Morgan fingerprint density at radius 1 is 1.03 bits per heavy atom. The lowest BCUT2D eigenvalue weighted by Gasteiger charge is -2.34. The molecule has 0 saturated carbocycles. The molecule has 1 aliphatic rings. The van der Waals surface area contributed by atoms with Gasteiger partial charge in [-0.25, -0.2) is 13.2 Å². The number of amides is 2. The maximum atomic E-state index is 12.9. The third-order valence-electron chi connectivity index (χ3n) is 4.84. The lowest BCUT2D eigenvalue weighted by Crippen LogP contribution is -2.53. The maximum Gasteiger partial charge on any atom is 0.317 e. The number of carbonyl (C=O) groups is 1. The molecule has 1 aromatic carbocycles. The van der Waals surface area contributed by atoms with E-state index in [9.17, 15) is 13.2 Å². The summed E-state index contributed by atoms with van der Waals surface area (Å²) in [6, 6.07) is 9.74. The Bertz CT molecular complexity index is 1190. The molecule has 3 heterocycles. The molecule has 9 nitrogen and oxygen atoms in total. The Kier molecular flexibility index (Phi) is 5.83. The molecule has 2 aromatic heterocycles. The number of piperazine rings is 1. The molecule has 0 atom stereocenters. The van der Waals surface area contributed by atoms with Gasteiger partial charge in [-0.1, -0.05) is 35.3 Å². The van der Waals surface area contributed by atoms with Crippen molar-refractivity contribution in [3.05, 3.63) is 58.5 Å². The molecule has 4 rings (SSSR count). The fourth-order valence-electron chi connectivity index (χ4n) is 3.23. The summed E-state index contributed by atoms with van der Waals surface area (Å²) in [6.45, 7) is 1.03. The number of sulfonamides is 1. The fourth-order valence-corrected chi connectivity index (χ4v) is 5.39. The molecule has 0 radical (unpaired) electrons. The highest BCUT2D eigenvalue weighted by molar-refractivity contribution is 7.89. The maximum absolute atomic E-state index is 12.9. The molecule has 0 unspecified atom stereocenters. The summed E-state index contributed by atoms with van der Waals surface area (Å²) >= 11 is 12.0. The second kappa shape index (κ2) is 8.38. The SMILES string of the molecule is O=C(NCc1nnc2ccccn12)N1CCN(S(=O)(=O)c2cccc(Cl)c2Cl)CC1. The lowest BCUT2D eigenvalue weighted by atomic mass is 10.4. The topological polar surface area (TPSA) is 99.9 Å². The molecule has 0 bridgehead atoms. The van der Waals surface area contributed by atoms with Crippen LogP contribution in [-0.2, 0) is 16.6 Å². The Labute approximate surface area is 183 Å². The number of hydrogen-bond acceptors (Lipinski definition) is 5. The van der Waals surface area contributed by atoms with Gasteiger partial charge in [0.1, 0.15) is 4.90 Å². The number of hydrogen-bond donors (Lipinski definition) is 1. The van der Waals surface area contributed by atoms with Crippen molar-refractivity contribution in [1.82, 2.24) is 29.1 Å². The first-order chi connectivity index (χ1) is 14.4. The molecule has 2 amide bonds. The van der Waals surface area contributed by atoms with Crippen LogP contribution in [0.2, 0.25) is 10.0 Å². The van der Waals surface area contributed by atoms with E-state index in [0.717, 1.165) is 0 Å². The Morgan fingerprint density at radius 3 is 2.57 bits per heavy atom. The first kappa shape index (κ1) is 20.9. The van der Waals surface area contributed by atoms with Gasteiger partial charge < -0.3 is 10.2 Å². The quantitative estimate of drug-likeness (QED) is 0.632. The smallest absolute Gasteiger partial charge is 0.317 e. The summed E-state index contributed by atoms with van der Waals surface area (Å²) in [5, 5.41) is 11.1. The van der Waals surface area contributed by atoms with Crippen LogP contribution in [0, 0.1) is 0 Å². The second-order valence-corrected chi connectivity index (χ2v) is 9.34. The fraction of sp³-hybridized carbons (Fsp3) is 0.278. The zero-order chi connectivity index (χ0) is 21.3. The minimum atomic E-state index is -3.80. The van der Waals surface area contributed by atoms with Gasteiger partial charge in [0.05, 0.1) is 16.6 Å². The third-order valence-corrected chi connectivity index (χ3v) is 7.71. The summed E-state index contributed by atoms with van der Waals surface area (Å²) in [7, 11) is -3.80. The van der Waals surface area contributed by atoms with Crippen LogP contribution in [0.4, 0.5) is 4.79 Å². The number of aromatic nitrogens is 3. The van der Waals surface area contributed by atoms with Gasteiger partial charge >= 0.3 is 6.03 Å². The number of nitrogens with zero attached hydrogens (tertiary/aromatic N) is 5. The van der Waals surface area contributed by atoms with Gasteiger partial charge in [0, 0.05) is 32.4 Å². The third kappa shape index (κ3) is 3.95. The summed E-state index contributed by atoms with van der Waals surface area (Å²) < 4.78 is 28.9. The Hall–Kier alpha value is -2.40. The predicted octanol–water partition coefficient (Wildman–Crippen LogP) is 2.25. The van der Waals surface area contributed by atoms with Gasteiger partial charge in [-0.3, -0.25) is 4.40 Å². The van der Waals surface area contributed by atoms with Gasteiger partial charge in [0.2, 0.25) is 10.0 Å². The normalized spacial score (nSPS) is 15.5. The molecule has 1 fully saturated rings. The summed E-state index contributed by atoms with van der Waals surface area (Å²) in [6.07, 6.45) is 1.82. The summed E-state index contributed by atoms with van der Waals surface area (Å²) in [4.78, 5) is 14.0. The van der Waals surface area contributed by atoms with Crippen molar-refractivity contribution in [3.8, 4) is 0 Å². The number of benzene rings is 1. The number of urea groups is 1. The van der Waals surface area contributed by atoms with Gasteiger partial charge in [0.15, 0.2) is 11.5 Å². The zero-order valence-corrected chi connectivity index (χ0v) is 18.0. The largest absolute Gasteiger partial charge is 0.331 e. The van der Waals surface area contributed by atoms with Crippen LogP contribution in [0.3, 0.4) is 0 Å². The molecule has 3 aromatic rings. The van der Waals surface area contributed by atoms with Crippen molar-refractivity contribution in [2.24, 2.45) is 0 Å². The number of rotatable bonds is 4. The van der Waals surface area contributed by atoms with Crippen LogP contribution in [0.5, 0.6) is 0 Å². The Balaban J connectivity index is 1.37. The first-order valence-corrected chi connectivity index (χ1v) is 11.3. The van der Waals surface area contributed by atoms with Crippen LogP contribution < -0.4 is 5.32 Å². The lowest BCUT2D eigenvalue weighted by molar-refractivity contribution is 0.171. The minimum Gasteiger partial charge on any atom is -0.331 e. The molecular weight excluding hydrogens is 451 g/mol. The highest BCUT2D eigenvalue weighted by Gasteiger charge is 2.32. The molecule has 1 N–H and O–H groups in total. The van der Waals surface area contributed by atoms with Crippen molar-refractivity contribution in [1.29, 1.82) is 0 Å². The van der Waals surface area contributed by atoms with Gasteiger partial charge in [-0.05, 0) is 24.3 Å².